The van der Waals surface area contributed by atoms with Crippen LogP contribution in [0.15, 0.2) is 72.8 Å². The van der Waals surface area contributed by atoms with Crippen molar-refractivity contribution in [2.45, 2.75) is 51.5 Å². The fourth-order valence-electron chi connectivity index (χ4n) is 5.22. The van der Waals surface area contributed by atoms with Crippen molar-refractivity contribution in [3.8, 4) is 16.9 Å². The van der Waals surface area contributed by atoms with Gasteiger partial charge in [-0.05, 0) is 92.1 Å². The smallest absolute Gasteiger partial charge is 0.409 e. The van der Waals surface area contributed by atoms with Gasteiger partial charge in [-0.1, -0.05) is 61.5 Å². The summed E-state index contributed by atoms with van der Waals surface area (Å²) in [7, 11) is 0. The van der Waals surface area contributed by atoms with E-state index in [2.05, 4.69) is 35.3 Å². The summed E-state index contributed by atoms with van der Waals surface area (Å²) in [6.45, 7) is 4.94. The number of hydrogen-bond acceptors (Lipinski definition) is 4. The van der Waals surface area contributed by atoms with E-state index in [0.29, 0.717) is 23.9 Å². The third kappa shape index (κ3) is 7.20. The molecule has 6 heteroatoms. The largest absolute Gasteiger partial charge is 0.410 e. The zero-order valence-electron chi connectivity index (χ0n) is 21.6. The predicted molar refractivity (Wildman–Crippen MR) is 148 cm³/mol. The first-order chi connectivity index (χ1) is 18.0. The monoisotopic (exact) mass is 499 g/mol. The molecule has 1 aliphatic rings. The number of benzene rings is 3. The fourth-order valence-corrected chi connectivity index (χ4v) is 5.22. The van der Waals surface area contributed by atoms with Crippen LogP contribution in [0.3, 0.4) is 0 Å². The van der Waals surface area contributed by atoms with Crippen LogP contribution in [0, 0.1) is 0 Å². The maximum Gasteiger partial charge on any atom is 0.409 e. The summed E-state index contributed by atoms with van der Waals surface area (Å²) in [5.41, 5.74) is 10.5. The highest BCUT2D eigenvalue weighted by atomic mass is 16.5. The Bertz CT molecular complexity index is 1180. The van der Waals surface area contributed by atoms with Crippen molar-refractivity contribution in [3.63, 3.8) is 0 Å². The van der Waals surface area contributed by atoms with Crippen molar-refractivity contribution in [3.05, 3.63) is 89.5 Å². The second kappa shape index (κ2) is 13.1. The fraction of sp³-hybridized carbons (Fsp3) is 0.355. The Hall–Kier alpha value is -3.64. The van der Waals surface area contributed by atoms with E-state index in [1.165, 1.54) is 5.56 Å². The summed E-state index contributed by atoms with van der Waals surface area (Å²) in [6.07, 6.45) is 5.16. The van der Waals surface area contributed by atoms with Gasteiger partial charge in [-0.2, -0.15) is 0 Å². The van der Waals surface area contributed by atoms with E-state index >= 15 is 0 Å². The maximum absolute atomic E-state index is 12.6. The molecule has 0 saturated heterocycles. The predicted octanol–water partition coefficient (Wildman–Crippen LogP) is 5.59. The molecule has 1 atom stereocenters. The Morgan fingerprint density at radius 3 is 2.43 bits per heavy atom. The van der Waals surface area contributed by atoms with Crippen molar-refractivity contribution in [1.82, 2.24) is 10.2 Å². The molecule has 4 rings (SSSR count). The molecular weight excluding hydrogens is 462 g/mol. The van der Waals surface area contributed by atoms with Gasteiger partial charge in [-0.25, -0.2) is 4.79 Å². The molecule has 0 radical (unpaired) electrons. The molecule has 0 unspecified atom stereocenters. The standard InChI is InChI=1S/C31H37N3O3/c1-2-20-34(27-17-18-28-26(22-27)11-8-12-29(28)37-31(32)36)21-7-6-19-33-30(35)25-15-13-24(14-16-25)23-9-4-3-5-10-23/h3-5,8-16,27H,2,6-7,17-22H2,1H3,(H2,32,36)(H,33,35)/t27-/m1/s1. The van der Waals surface area contributed by atoms with Crippen LogP contribution in [-0.2, 0) is 12.8 Å². The van der Waals surface area contributed by atoms with Crippen LogP contribution < -0.4 is 15.8 Å². The minimum atomic E-state index is -0.764. The third-order valence-corrected chi connectivity index (χ3v) is 7.06. The third-order valence-electron chi connectivity index (χ3n) is 7.06. The van der Waals surface area contributed by atoms with Crippen molar-refractivity contribution in [2.75, 3.05) is 19.6 Å². The van der Waals surface area contributed by atoms with Gasteiger partial charge < -0.3 is 20.7 Å². The second-order valence-electron chi connectivity index (χ2n) is 9.65. The van der Waals surface area contributed by atoms with Gasteiger partial charge in [0.15, 0.2) is 0 Å². The van der Waals surface area contributed by atoms with E-state index in [1.807, 2.05) is 54.6 Å². The molecule has 0 aromatic heterocycles. The Balaban J connectivity index is 1.23. The number of ether oxygens (including phenoxy) is 1. The molecule has 3 N–H and O–H groups in total. The van der Waals surface area contributed by atoms with Gasteiger partial charge in [0.25, 0.3) is 5.91 Å². The molecule has 3 aromatic rings. The molecule has 0 aliphatic heterocycles. The maximum atomic E-state index is 12.6. The van der Waals surface area contributed by atoms with Crippen molar-refractivity contribution < 1.29 is 14.3 Å². The first-order valence-corrected chi connectivity index (χ1v) is 13.3. The van der Waals surface area contributed by atoms with Gasteiger partial charge >= 0.3 is 6.09 Å². The van der Waals surface area contributed by atoms with E-state index in [9.17, 15) is 9.59 Å². The minimum Gasteiger partial charge on any atom is -0.410 e. The highest BCUT2D eigenvalue weighted by Crippen LogP contribution is 2.31. The summed E-state index contributed by atoms with van der Waals surface area (Å²) in [5.74, 6) is 0.568. The van der Waals surface area contributed by atoms with Crippen LogP contribution in [0.5, 0.6) is 5.75 Å². The van der Waals surface area contributed by atoms with Gasteiger partial charge in [-0.15, -0.1) is 0 Å². The number of fused-ring (bicyclic) bond motifs is 1. The summed E-state index contributed by atoms with van der Waals surface area (Å²) in [5, 5.41) is 3.07. The zero-order valence-corrected chi connectivity index (χ0v) is 21.6. The molecule has 0 saturated carbocycles. The molecule has 37 heavy (non-hydrogen) atoms. The Morgan fingerprint density at radius 1 is 0.946 bits per heavy atom. The second-order valence-corrected chi connectivity index (χ2v) is 9.65. The SMILES string of the molecule is CCCN(CCCCNC(=O)c1ccc(-c2ccccc2)cc1)[C@@H]1CCc2c(cccc2OC(N)=O)C1. The van der Waals surface area contributed by atoms with Crippen LogP contribution in [0.2, 0.25) is 0 Å². The molecule has 0 heterocycles. The number of carbonyl (C=O) groups excluding carboxylic acids is 2. The van der Waals surface area contributed by atoms with Crippen molar-refractivity contribution >= 4 is 12.0 Å². The number of unbranched alkanes of at least 4 members (excludes halogenated alkanes) is 1. The Morgan fingerprint density at radius 2 is 1.70 bits per heavy atom. The number of nitrogens with zero attached hydrogens (tertiary/aromatic N) is 1. The van der Waals surface area contributed by atoms with Crippen LogP contribution in [0.1, 0.15) is 54.1 Å². The lowest BCUT2D eigenvalue weighted by Crippen LogP contribution is -2.40. The van der Waals surface area contributed by atoms with Gasteiger partial charge in [0, 0.05) is 18.2 Å². The van der Waals surface area contributed by atoms with E-state index in [1.54, 1.807) is 0 Å². The van der Waals surface area contributed by atoms with E-state index in [0.717, 1.165) is 68.3 Å². The normalized spacial score (nSPS) is 14.7. The highest BCUT2D eigenvalue weighted by molar-refractivity contribution is 5.94. The number of hydrogen-bond donors (Lipinski definition) is 2. The summed E-state index contributed by atoms with van der Waals surface area (Å²) in [6, 6.07) is 24.3. The van der Waals surface area contributed by atoms with Gasteiger partial charge in [0.1, 0.15) is 5.75 Å². The van der Waals surface area contributed by atoms with Gasteiger partial charge in [0.05, 0.1) is 0 Å². The quantitative estimate of drug-likeness (QED) is 0.337. The molecule has 3 aromatic carbocycles. The lowest BCUT2D eigenvalue weighted by molar-refractivity contribution is 0.0952. The number of carbonyl (C=O) groups is 2. The van der Waals surface area contributed by atoms with Crippen LogP contribution >= 0.6 is 0 Å². The molecule has 0 fully saturated rings. The molecule has 1 aliphatic carbocycles. The number of rotatable bonds is 11. The molecule has 0 bridgehead atoms. The first-order valence-electron chi connectivity index (χ1n) is 13.3. The van der Waals surface area contributed by atoms with E-state index in [-0.39, 0.29) is 5.91 Å². The Labute approximate surface area is 219 Å². The molecule has 0 spiro atoms. The van der Waals surface area contributed by atoms with Gasteiger partial charge in [-0.3, -0.25) is 4.79 Å². The molecular formula is C31H37N3O3. The van der Waals surface area contributed by atoms with E-state index in [4.69, 9.17) is 10.5 Å². The Kier molecular flexibility index (Phi) is 9.33. The van der Waals surface area contributed by atoms with Crippen molar-refractivity contribution in [2.24, 2.45) is 5.73 Å². The number of primary amides is 1. The topological polar surface area (TPSA) is 84.7 Å². The van der Waals surface area contributed by atoms with E-state index < -0.39 is 6.09 Å². The average molecular weight is 500 g/mol. The minimum absolute atomic E-state index is 0.0251. The summed E-state index contributed by atoms with van der Waals surface area (Å²) < 4.78 is 5.22. The van der Waals surface area contributed by atoms with Crippen LogP contribution in [-0.4, -0.2) is 42.6 Å². The molecule has 194 valence electrons. The highest BCUT2D eigenvalue weighted by Gasteiger charge is 2.26. The number of nitrogens with two attached hydrogens (primary N) is 1. The summed E-state index contributed by atoms with van der Waals surface area (Å²) >= 11 is 0. The lowest BCUT2D eigenvalue weighted by atomic mass is 9.86. The zero-order chi connectivity index (χ0) is 26.0. The van der Waals surface area contributed by atoms with Gasteiger partial charge in [0.2, 0.25) is 0 Å². The van der Waals surface area contributed by atoms with Crippen molar-refractivity contribution in [1.29, 1.82) is 0 Å². The first kappa shape index (κ1) is 26.4. The molecule has 2 amide bonds. The van der Waals surface area contributed by atoms with Crippen LogP contribution in [0.25, 0.3) is 11.1 Å². The number of nitrogens with one attached hydrogen (secondary N) is 1. The molecule has 6 nitrogen and oxygen atoms in total. The van der Waals surface area contributed by atoms with Crippen LogP contribution in [0.4, 0.5) is 4.79 Å². The average Bonchev–Trinajstić information content (AvgIpc) is 2.92. The summed E-state index contributed by atoms with van der Waals surface area (Å²) in [4.78, 5) is 26.4. The lowest BCUT2D eigenvalue weighted by Gasteiger charge is -2.35. The number of amides is 2.